The fraction of sp³-hybridized carbons (Fsp3) is 0.0500. The highest BCUT2D eigenvalue weighted by molar-refractivity contribution is 7.99. The molecule has 8 heteroatoms. The average molecular weight is 428 g/mol. The molecule has 0 radical (unpaired) electrons. The van der Waals surface area contributed by atoms with Crippen LogP contribution in [0, 0.1) is 11.3 Å². The van der Waals surface area contributed by atoms with Crippen molar-refractivity contribution in [2.75, 3.05) is 5.75 Å². The van der Waals surface area contributed by atoms with Crippen LogP contribution >= 0.6 is 35.0 Å². The fourth-order valence-corrected chi connectivity index (χ4v) is 3.93. The second-order valence-corrected chi connectivity index (χ2v) is 7.59. The molecule has 0 atom stereocenters. The third-order valence-electron chi connectivity index (χ3n) is 4.03. The topological polar surface area (TPSA) is 71.8 Å². The molecule has 0 bridgehead atoms. The molecule has 0 N–H and O–H groups in total. The van der Waals surface area contributed by atoms with Gasteiger partial charge in [-0.1, -0.05) is 53.2 Å². The largest absolute Gasteiger partial charge is 0.422 e. The van der Waals surface area contributed by atoms with E-state index in [9.17, 15) is 4.79 Å². The highest BCUT2D eigenvalue weighted by Crippen LogP contribution is 2.31. The molecule has 138 valence electrons. The zero-order valence-electron chi connectivity index (χ0n) is 14.2. The molecule has 4 rings (SSSR count). The molecule has 0 aliphatic rings. The summed E-state index contributed by atoms with van der Waals surface area (Å²) in [5.41, 5.74) is 1.45. The lowest BCUT2D eigenvalue weighted by atomic mass is 10.1. The number of fused-ring (bicyclic) bond motifs is 1. The number of rotatable bonds is 4. The molecular weight excluding hydrogens is 417 g/mol. The molecule has 0 amide bonds. The summed E-state index contributed by atoms with van der Waals surface area (Å²) < 4.78 is 7.16. The number of thioether (sulfide) groups is 1. The second-order valence-electron chi connectivity index (χ2n) is 5.81. The fourth-order valence-electron chi connectivity index (χ4n) is 2.78. The van der Waals surface area contributed by atoms with Crippen LogP contribution in [0.15, 0.2) is 69.1 Å². The Labute approximate surface area is 174 Å². The number of benzene rings is 2. The molecule has 5 nitrogen and oxygen atoms in total. The first-order valence-electron chi connectivity index (χ1n) is 8.14. The van der Waals surface area contributed by atoms with Gasteiger partial charge >= 0.3 is 5.63 Å². The van der Waals surface area contributed by atoms with Crippen LogP contribution in [0.2, 0.25) is 10.0 Å². The van der Waals surface area contributed by atoms with Crippen LogP contribution in [0.5, 0.6) is 0 Å². The van der Waals surface area contributed by atoms with Gasteiger partial charge in [-0.25, -0.2) is 9.78 Å². The van der Waals surface area contributed by atoms with Crippen LogP contribution in [-0.2, 0) is 0 Å². The van der Waals surface area contributed by atoms with Crippen molar-refractivity contribution in [3.05, 3.63) is 75.2 Å². The Hall–Kier alpha value is -2.72. The maximum absolute atomic E-state index is 12.5. The van der Waals surface area contributed by atoms with Crippen molar-refractivity contribution in [1.29, 1.82) is 5.26 Å². The second kappa shape index (κ2) is 7.72. The number of hydrogen-bond donors (Lipinski definition) is 0. The highest BCUT2D eigenvalue weighted by atomic mass is 35.5. The predicted octanol–water partition coefficient (Wildman–Crippen LogP) is 5.57. The summed E-state index contributed by atoms with van der Waals surface area (Å²) in [5.74, 6) is 0.202. The lowest BCUT2D eigenvalue weighted by molar-refractivity contribution is 0.563. The van der Waals surface area contributed by atoms with Crippen molar-refractivity contribution in [2.24, 2.45) is 0 Å². The SMILES string of the molecule is N#CCSc1nc(-c2cc3ccccc3oc2=O)cn1-c1ccc(Cl)cc1Cl. The van der Waals surface area contributed by atoms with E-state index in [1.54, 1.807) is 47.2 Å². The van der Waals surface area contributed by atoms with Crippen LogP contribution in [0.3, 0.4) is 0 Å². The average Bonchev–Trinajstić information content (AvgIpc) is 3.09. The van der Waals surface area contributed by atoms with E-state index in [2.05, 4.69) is 11.1 Å². The Morgan fingerprint density at radius 1 is 1.18 bits per heavy atom. The minimum Gasteiger partial charge on any atom is -0.422 e. The minimum absolute atomic E-state index is 0.202. The van der Waals surface area contributed by atoms with Crippen molar-refractivity contribution in [1.82, 2.24) is 9.55 Å². The zero-order chi connectivity index (χ0) is 19.7. The van der Waals surface area contributed by atoms with Crippen molar-refractivity contribution < 1.29 is 4.42 Å². The van der Waals surface area contributed by atoms with Gasteiger partial charge in [-0.3, -0.25) is 4.57 Å². The normalized spacial score (nSPS) is 10.9. The maximum Gasteiger partial charge on any atom is 0.345 e. The summed E-state index contributed by atoms with van der Waals surface area (Å²) in [7, 11) is 0. The van der Waals surface area contributed by atoms with Crippen LogP contribution in [0.4, 0.5) is 0 Å². The molecular formula is C20H11Cl2N3O2S. The minimum atomic E-state index is -0.484. The number of imidazole rings is 1. The molecule has 0 aliphatic heterocycles. The van der Waals surface area contributed by atoms with Crippen LogP contribution in [-0.4, -0.2) is 15.3 Å². The van der Waals surface area contributed by atoms with Crippen molar-refractivity contribution >= 4 is 45.9 Å². The van der Waals surface area contributed by atoms with E-state index >= 15 is 0 Å². The summed E-state index contributed by atoms with van der Waals surface area (Å²) in [5, 5.41) is 11.2. The predicted molar refractivity (Wildman–Crippen MR) is 111 cm³/mol. The smallest absolute Gasteiger partial charge is 0.345 e. The molecule has 0 saturated heterocycles. The molecule has 2 aromatic heterocycles. The van der Waals surface area contributed by atoms with Crippen LogP contribution < -0.4 is 5.63 Å². The summed E-state index contributed by atoms with van der Waals surface area (Å²) in [6, 6.07) is 16.2. The molecule has 28 heavy (non-hydrogen) atoms. The van der Waals surface area contributed by atoms with E-state index < -0.39 is 5.63 Å². The van der Waals surface area contributed by atoms with Gasteiger partial charge in [-0.15, -0.1) is 0 Å². The molecule has 0 fully saturated rings. The number of para-hydroxylation sites is 1. The Bertz CT molecular complexity index is 1290. The number of nitrogens with zero attached hydrogens (tertiary/aromatic N) is 3. The van der Waals surface area contributed by atoms with Gasteiger partial charge in [-0.2, -0.15) is 5.26 Å². The molecule has 0 saturated carbocycles. The number of aromatic nitrogens is 2. The van der Waals surface area contributed by atoms with Gasteiger partial charge in [0.25, 0.3) is 0 Å². The Kier molecular flexibility index (Phi) is 5.14. The van der Waals surface area contributed by atoms with Gasteiger partial charge in [0, 0.05) is 16.6 Å². The Morgan fingerprint density at radius 2 is 2.00 bits per heavy atom. The zero-order valence-corrected chi connectivity index (χ0v) is 16.6. The number of hydrogen-bond acceptors (Lipinski definition) is 5. The van der Waals surface area contributed by atoms with Crippen molar-refractivity contribution in [2.45, 2.75) is 5.16 Å². The van der Waals surface area contributed by atoms with Crippen LogP contribution in [0.25, 0.3) is 27.9 Å². The maximum atomic E-state index is 12.5. The lowest BCUT2D eigenvalue weighted by Gasteiger charge is -2.08. The van der Waals surface area contributed by atoms with E-state index in [1.165, 1.54) is 11.8 Å². The summed E-state index contributed by atoms with van der Waals surface area (Å²) in [4.78, 5) is 17.0. The number of nitriles is 1. The standard InChI is InChI=1S/C20H11Cl2N3O2S/c21-13-5-6-17(15(22)10-13)25-11-16(24-20(25)28-8-7-23)14-9-12-3-1-2-4-18(12)27-19(14)26/h1-6,9-11H,8H2. The molecule has 2 aromatic carbocycles. The van der Waals surface area contributed by atoms with Crippen molar-refractivity contribution in [3.8, 4) is 23.0 Å². The van der Waals surface area contributed by atoms with E-state index in [1.807, 2.05) is 12.1 Å². The first-order chi connectivity index (χ1) is 13.6. The Morgan fingerprint density at radius 3 is 2.79 bits per heavy atom. The van der Waals surface area contributed by atoms with Gasteiger partial charge < -0.3 is 4.42 Å². The van der Waals surface area contributed by atoms with E-state index in [-0.39, 0.29) is 5.75 Å². The molecule has 0 unspecified atom stereocenters. The summed E-state index contributed by atoms with van der Waals surface area (Å²) >= 11 is 13.6. The van der Waals surface area contributed by atoms with E-state index in [4.69, 9.17) is 32.9 Å². The van der Waals surface area contributed by atoms with Crippen LogP contribution in [0.1, 0.15) is 0 Å². The van der Waals surface area contributed by atoms with Crippen molar-refractivity contribution in [3.63, 3.8) is 0 Å². The van der Waals surface area contributed by atoms with Gasteiger partial charge in [0.05, 0.1) is 33.8 Å². The molecule has 4 aromatic rings. The molecule has 2 heterocycles. The monoisotopic (exact) mass is 427 g/mol. The first kappa shape index (κ1) is 18.6. The quantitative estimate of drug-likeness (QED) is 0.314. The van der Waals surface area contributed by atoms with E-state index in [0.717, 1.165) is 5.39 Å². The molecule has 0 aliphatic carbocycles. The third-order valence-corrected chi connectivity index (χ3v) is 5.38. The number of halogens is 2. The summed E-state index contributed by atoms with van der Waals surface area (Å²) in [6.07, 6.45) is 1.70. The van der Waals surface area contributed by atoms with Gasteiger partial charge in [0.15, 0.2) is 5.16 Å². The lowest BCUT2D eigenvalue weighted by Crippen LogP contribution is -2.02. The van der Waals surface area contributed by atoms with Gasteiger partial charge in [0.1, 0.15) is 5.58 Å². The summed E-state index contributed by atoms with van der Waals surface area (Å²) in [6.45, 7) is 0. The first-order valence-corrected chi connectivity index (χ1v) is 9.89. The highest BCUT2D eigenvalue weighted by Gasteiger charge is 2.17. The Balaban J connectivity index is 1.89. The van der Waals surface area contributed by atoms with Gasteiger partial charge in [-0.05, 0) is 30.3 Å². The molecule has 0 spiro atoms. The third kappa shape index (κ3) is 3.52. The van der Waals surface area contributed by atoms with Gasteiger partial charge in [0.2, 0.25) is 0 Å². The van der Waals surface area contributed by atoms with E-state index in [0.29, 0.717) is 37.7 Å².